The van der Waals surface area contributed by atoms with E-state index in [1.165, 1.54) is 0 Å². The molecule has 0 rings (SSSR count). The molecule has 0 aromatic carbocycles. The monoisotopic (exact) mass is 152 g/mol. The van der Waals surface area contributed by atoms with Crippen LogP contribution in [0.15, 0.2) is 0 Å². The topological polar surface area (TPSA) is 6.48 Å². The minimum atomic E-state index is -1.44. The van der Waals surface area contributed by atoms with Gasteiger partial charge < -0.3 is 15.7 Å². The summed E-state index contributed by atoms with van der Waals surface area (Å²) in [5.74, 6) is 0. The smallest absolute Gasteiger partial charge is 0.340 e. The maximum atomic E-state index is 4.16. The Balaban J connectivity index is 0. The molecular formula is C6H17LiN2Si. The predicted octanol–water partition coefficient (Wildman–Crippen LogP) is -2.44. The van der Waals surface area contributed by atoms with Crippen LogP contribution in [0.1, 0.15) is 0 Å². The first-order chi connectivity index (χ1) is 3.89. The van der Waals surface area contributed by atoms with Crippen molar-refractivity contribution >= 4 is 8.40 Å². The molecule has 0 aromatic heterocycles. The van der Waals surface area contributed by atoms with E-state index >= 15 is 0 Å². The average Bonchev–Trinajstić information content (AvgIpc) is 1.65. The second kappa shape index (κ2) is 4.58. The van der Waals surface area contributed by atoms with Crippen molar-refractivity contribution in [2.75, 3.05) is 28.2 Å². The molecule has 0 fully saturated rings. The van der Waals surface area contributed by atoms with Gasteiger partial charge in [0.2, 0.25) is 0 Å². The van der Waals surface area contributed by atoms with E-state index in [2.05, 4.69) is 50.4 Å². The molecule has 0 saturated carbocycles. The SMILES string of the molecule is [CH2-][Si](C)(N(C)C)N(C)C.[Li+]. The Kier molecular flexibility index (Phi) is 6.11. The summed E-state index contributed by atoms with van der Waals surface area (Å²) in [5, 5.41) is 0. The zero-order valence-corrected chi connectivity index (χ0v) is 9.10. The van der Waals surface area contributed by atoms with E-state index in [0.717, 1.165) is 0 Å². The van der Waals surface area contributed by atoms with Crippen LogP contribution in [0.2, 0.25) is 6.55 Å². The van der Waals surface area contributed by atoms with Gasteiger partial charge >= 0.3 is 18.9 Å². The van der Waals surface area contributed by atoms with Gasteiger partial charge in [-0.25, -0.2) is 0 Å². The molecule has 4 heteroatoms. The standard InChI is InChI=1S/C6H17N2Si.Li/c1-7(2)9(5,6)8(3)4;/h5H2,1-4,6H3;/q-1;+1. The van der Waals surface area contributed by atoms with Gasteiger partial charge in [-0.15, -0.1) is 0 Å². The van der Waals surface area contributed by atoms with Gasteiger partial charge in [-0.1, -0.05) is 6.55 Å². The third-order valence-corrected chi connectivity index (χ3v) is 5.78. The molecule has 0 heterocycles. The fraction of sp³-hybridized carbons (Fsp3) is 0.833. The summed E-state index contributed by atoms with van der Waals surface area (Å²) in [6.07, 6.45) is 0. The summed E-state index contributed by atoms with van der Waals surface area (Å²) < 4.78 is 4.43. The molecule has 0 spiro atoms. The molecule has 2 nitrogen and oxygen atoms in total. The molecule has 0 bridgehead atoms. The number of nitrogens with zero attached hydrogens (tertiary/aromatic N) is 2. The van der Waals surface area contributed by atoms with Crippen molar-refractivity contribution < 1.29 is 18.9 Å². The van der Waals surface area contributed by atoms with Crippen LogP contribution in [0, 0.1) is 6.55 Å². The number of rotatable bonds is 2. The van der Waals surface area contributed by atoms with Gasteiger partial charge in [-0.2, -0.15) is 0 Å². The van der Waals surface area contributed by atoms with Crippen LogP contribution >= 0.6 is 0 Å². The molecule has 0 aliphatic carbocycles. The molecule has 10 heavy (non-hydrogen) atoms. The molecule has 0 amide bonds. The molecule has 0 unspecified atom stereocenters. The molecular weight excluding hydrogens is 135 g/mol. The normalized spacial score (nSPS) is 12.0. The van der Waals surface area contributed by atoms with Gasteiger partial charge in [-0.3, -0.25) is 0 Å². The van der Waals surface area contributed by atoms with E-state index < -0.39 is 8.40 Å². The minimum absolute atomic E-state index is 0. The molecule has 56 valence electrons. The van der Waals surface area contributed by atoms with E-state index in [-0.39, 0.29) is 18.9 Å². The van der Waals surface area contributed by atoms with E-state index in [1.807, 2.05) is 0 Å². The molecule has 0 N–H and O–H groups in total. The third-order valence-electron chi connectivity index (χ3n) is 1.93. The van der Waals surface area contributed by atoms with Crippen molar-refractivity contribution in [3.8, 4) is 0 Å². The van der Waals surface area contributed by atoms with Crippen molar-refractivity contribution in [1.82, 2.24) is 9.13 Å². The van der Waals surface area contributed by atoms with Crippen LogP contribution in [-0.4, -0.2) is 45.7 Å². The molecule has 0 saturated heterocycles. The van der Waals surface area contributed by atoms with Gasteiger partial charge in [0, 0.05) is 8.40 Å². The fourth-order valence-electron chi connectivity index (χ4n) is 0.400. The summed E-state index contributed by atoms with van der Waals surface area (Å²) in [7, 11) is 6.89. The summed E-state index contributed by atoms with van der Waals surface area (Å²) in [4.78, 5) is 0. The Morgan fingerprint density at radius 1 is 1.00 bits per heavy atom. The van der Waals surface area contributed by atoms with E-state index in [0.29, 0.717) is 0 Å². The van der Waals surface area contributed by atoms with Crippen LogP contribution < -0.4 is 18.9 Å². The Hall–Kier alpha value is 0.734. The van der Waals surface area contributed by atoms with Crippen LogP contribution in [0.4, 0.5) is 0 Å². The van der Waals surface area contributed by atoms with Gasteiger partial charge in [0.05, 0.1) is 0 Å². The predicted molar refractivity (Wildman–Crippen MR) is 44.3 cm³/mol. The third kappa shape index (κ3) is 3.22. The van der Waals surface area contributed by atoms with Crippen LogP contribution in [0.3, 0.4) is 0 Å². The minimum Gasteiger partial charge on any atom is -0.340 e. The van der Waals surface area contributed by atoms with Gasteiger partial charge in [-0.05, 0) is 28.2 Å². The number of hydrogen-bond acceptors (Lipinski definition) is 2. The van der Waals surface area contributed by atoms with Crippen LogP contribution in [-0.2, 0) is 0 Å². The Morgan fingerprint density at radius 3 is 1.20 bits per heavy atom. The zero-order valence-electron chi connectivity index (χ0n) is 8.10. The van der Waals surface area contributed by atoms with Crippen LogP contribution in [0.25, 0.3) is 0 Å². The zero-order chi connectivity index (χ0) is 7.65. The molecule has 0 atom stereocenters. The summed E-state index contributed by atoms with van der Waals surface area (Å²) >= 11 is 0. The fourth-order valence-corrected chi connectivity index (χ4v) is 1.20. The molecule has 0 radical (unpaired) electrons. The van der Waals surface area contributed by atoms with Gasteiger partial charge in [0.25, 0.3) is 0 Å². The summed E-state index contributed by atoms with van der Waals surface area (Å²) in [6.45, 7) is 6.38. The van der Waals surface area contributed by atoms with Crippen molar-refractivity contribution in [3.63, 3.8) is 0 Å². The van der Waals surface area contributed by atoms with E-state index in [1.54, 1.807) is 0 Å². The first-order valence-electron chi connectivity index (χ1n) is 3.09. The Morgan fingerprint density at radius 2 is 1.20 bits per heavy atom. The van der Waals surface area contributed by atoms with E-state index in [9.17, 15) is 0 Å². The van der Waals surface area contributed by atoms with Crippen molar-refractivity contribution in [2.24, 2.45) is 0 Å². The van der Waals surface area contributed by atoms with Crippen molar-refractivity contribution in [3.05, 3.63) is 6.55 Å². The first kappa shape index (κ1) is 13.3. The Bertz CT molecular complexity index is 83.7. The van der Waals surface area contributed by atoms with Crippen LogP contribution in [0.5, 0.6) is 0 Å². The summed E-state index contributed by atoms with van der Waals surface area (Å²) in [6, 6.07) is 0. The Labute approximate surface area is 77.9 Å². The van der Waals surface area contributed by atoms with Crippen molar-refractivity contribution in [1.29, 1.82) is 0 Å². The molecule has 0 aliphatic heterocycles. The maximum absolute atomic E-state index is 4.16. The van der Waals surface area contributed by atoms with Gasteiger partial charge in [0.1, 0.15) is 0 Å². The largest absolute Gasteiger partial charge is 1.00 e. The van der Waals surface area contributed by atoms with Crippen molar-refractivity contribution in [2.45, 2.75) is 6.55 Å². The first-order valence-corrected chi connectivity index (χ1v) is 5.69. The molecule has 0 aromatic rings. The number of hydrogen-bond donors (Lipinski definition) is 0. The van der Waals surface area contributed by atoms with Gasteiger partial charge in [0.15, 0.2) is 0 Å². The maximum Gasteiger partial charge on any atom is 1.00 e. The summed E-state index contributed by atoms with van der Waals surface area (Å²) in [5.41, 5.74) is 0. The second-order valence-corrected chi connectivity index (χ2v) is 7.23. The quantitative estimate of drug-likeness (QED) is 0.320. The molecule has 0 aliphatic rings. The van der Waals surface area contributed by atoms with E-state index in [4.69, 9.17) is 0 Å². The average molecular weight is 152 g/mol. The second-order valence-electron chi connectivity index (χ2n) is 3.01.